The summed E-state index contributed by atoms with van der Waals surface area (Å²) in [7, 11) is 0. The molecule has 0 spiro atoms. The van der Waals surface area contributed by atoms with Gasteiger partial charge in [-0.25, -0.2) is 0 Å². The summed E-state index contributed by atoms with van der Waals surface area (Å²) in [6.45, 7) is 4.77. The van der Waals surface area contributed by atoms with E-state index in [2.05, 4.69) is 16.4 Å². The van der Waals surface area contributed by atoms with Crippen LogP contribution in [0.2, 0.25) is 0 Å². The average Bonchev–Trinajstić information content (AvgIpc) is 2.17. The molecule has 1 aromatic rings. The number of hydrogen-bond acceptors (Lipinski definition) is 4. The van der Waals surface area contributed by atoms with E-state index in [-0.39, 0.29) is 12.4 Å². The van der Waals surface area contributed by atoms with E-state index in [0.717, 1.165) is 5.46 Å². The first-order valence-electron chi connectivity index (χ1n) is 3.51. The number of rotatable bonds is 3. The molecule has 1 rings (SSSR count). The molecule has 0 radical (unpaired) electrons. The first kappa shape index (κ1) is 9.03. The second-order valence-electron chi connectivity index (χ2n) is 2.28. The van der Waals surface area contributed by atoms with Gasteiger partial charge in [-0.1, -0.05) is 0 Å². The molecule has 1 aromatic heterocycles. The third-order valence-electron chi connectivity index (χ3n) is 1.40. The van der Waals surface area contributed by atoms with Crippen LogP contribution in [0.3, 0.4) is 0 Å². The van der Waals surface area contributed by atoms with Crippen LogP contribution < -0.4 is 5.46 Å². The Morgan fingerprint density at radius 3 is 2.50 bits per heavy atom. The second-order valence-corrected chi connectivity index (χ2v) is 2.28. The van der Waals surface area contributed by atoms with Crippen LogP contribution in [-0.2, 0) is 0 Å². The van der Waals surface area contributed by atoms with Gasteiger partial charge in [0, 0.05) is 0 Å². The molecule has 0 aliphatic heterocycles. The van der Waals surface area contributed by atoms with E-state index in [1.165, 1.54) is 12.4 Å². The molecule has 12 heavy (non-hydrogen) atoms. The SMILES string of the molecule is C=Bc1cnc(C(O)CO)nc1. The molecule has 0 aromatic carbocycles. The van der Waals surface area contributed by atoms with Gasteiger partial charge in [-0.15, -0.1) is 0 Å². The summed E-state index contributed by atoms with van der Waals surface area (Å²) in [5.41, 5.74) is 0.781. The summed E-state index contributed by atoms with van der Waals surface area (Å²) in [5.74, 6) is 0.225. The van der Waals surface area contributed by atoms with Crippen LogP contribution in [0.4, 0.5) is 0 Å². The van der Waals surface area contributed by atoms with Gasteiger partial charge in [0.25, 0.3) is 0 Å². The van der Waals surface area contributed by atoms with Crippen molar-refractivity contribution in [2.24, 2.45) is 0 Å². The molecule has 0 bridgehead atoms. The normalized spacial score (nSPS) is 12.2. The number of aliphatic hydroxyl groups excluding tert-OH is 2. The molecule has 0 aliphatic rings. The van der Waals surface area contributed by atoms with Crippen molar-refractivity contribution >= 4 is 18.9 Å². The topological polar surface area (TPSA) is 66.2 Å². The first-order chi connectivity index (χ1) is 5.77. The standard InChI is InChI=1S/C7H9BN2O2/c1-8-5-2-9-7(10-3-5)6(12)4-11/h2-3,6,11-12H,1,4H2. The predicted molar refractivity (Wildman–Crippen MR) is 46.6 cm³/mol. The van der Waals surface area contributed by atoms with Crippen LogP contribution in [0.25, 0.3) is 0 Å². The predicted octanol–water partition coefficient (Wildman–Crippen LogP) is -1.74. The number of hydrogen-bond donors (Lipinski definition) is 2. The van der Waals surface area contributed by atoms with Crippen LogP contribution in [0, 0.1) is 0 Å². The van der Waals surface area contributed by atoms with Crippen molar-refractivity contribution in [2.45, 2.75) is 6.10 Å². The quantitative estimate of drug-likeness (QED) is 0.520. The third-order valence-corrected chi connectivity index (χ3v) is 1.40. The van der Waals surface area contributed by atoms with Crippen LogP contribution in [-0.4, -0.2) is 40.2 Å². The molecule has 0 saturated carbocycles. The van der Waals surface area contributed by atoms with Gasteiger partial charge in [0.2, 0.25) is 0 Å². The second kappa shape index (κ2) is 4.08. The molecule has 0 fully saturated rings. The van der Waals surface area contributed by atoms with E-state index in [0.29, 0.717) is 0 Å². The van der Waals surface area contributed by atoms with Crippen molar-refractivity contribution in [1.29, 1.82) is 0 Å². The van der Waals surface area contributed by atoms with Crippen molar-refractivity contribution in [3.63, 3.8) is 0 Å². The van der Waals surface area contributed by atoms with Crippen molar-refractivity contribution in [2.75, 3.05) is 6.61 Å². The van der Waals surface area contributed by atoms with Gasteiger partial charge in [0.1, 0.15) is 0 Å². The van der Waals surface area contributed by atoms with Gasteiger partial charge in [-0.2, -0.15) is 0 Å². The summed E-state index contributed by atoms with van der Waals surface area (Å²) < 4.78 is 0. The van der Waals surface area contributed by atoms with Gasteiger partial charge < -0.3 is 0 Å². The Bertz CT molecular complexity index is 263. The number of aromatic nitrogens is 2. The zero-order chi connectivity index (χ0) is 8.97. The van der Waals surface area contributed by atoms with Crippen molar-refractivity contribution in [3.8, 4) is 0 Å². The zero-order valence-corrected chi connectivity index (χ0v) is 6.51. The molecule has 0 aliphatic carbocycles. The molecule has 5 heteroatoms. The van der Waals surface area contributed by atoms with Crippen molar-refractivity contribution in [3.05, 3.63) is 18.2 Å². The minimum atomic E-state index is -0.996. The Hall–Kier alpha value is -1.07. The van der Waals surface area contributed by atoms with Crippen LogP contribution >= 0.6 is 0 Å². The fraction of sp³-hybridized carbons (Fsp3) is 0.286. The molecular weight excluding hydrogens is 155 g/mol. The molecule has 4 nitrogen and oxygen atoms in total. The van der Waals surface area contributed by atoms with Gasteiger partial charge >= 0.3 is 70.0 Å². The Balaban J connectivity index is 2.84. The number of nitrogens with zero attached hydrogens (tertiary/aromatic N) is 2. The summed E-state index contributed by atoms with van der Waals surface area (Å²) in [4.78, 5) is 7.66. The number of aliphatic hydroxyl groups is 2. The van der Waals surface area contributed by atoms with Crippen LogP contribution in [0.1, 0.15) is 11.9 Å². The summed E-state index contributed by atoms with van der Waals surface area (Å²) in [6, 6.07) is 0. The third kappa shape index (κ3) is 1.96. The molecule has 0 amide bonds. The van der Waals surface area contributed by atoms with Gasteiger partial charge in [0.05, 0.1) is 0 Å². The molecule has 2 N–H and O–H groups in total. The van der Waals surface area contributed by atoms with Gasteiger partial charge in [-0.05, 0) is 0 Å². The summed E-state index contributed by atoms with van der Waals surface area (Å²) in [6.07, 6.45) is 2.08. The van der Waals surface area contributed by atoms with E-state index in [9.17, 15) is 0 Å². The summed E-state index contributed by atoms with van der Waals surface area (Å²) in [5, 5.41) is 17.7. The Labute approximate surface area is 70.8 Å². The molecule has 1 atom stereocenters. The molecule has 62 valence electrons. The van der Waals surface area contributed by atoms with Gasteiger partial charge in [0.15, 0.2) is 0 Å². The van der Waals surface area contributed by atoms with E-state index in [1.54, 1.807) is 6.92 Å². The monoisotopic (exact) mass is 164 g/mol. The minimum absolute atomic E-state index is 0.225. The first-order valence-corrected chi connectivity index (χ1v) is 3.51. The molecule has 1 heterocycles. The van der Waals surface area contributed by atoms with Crippen LogP contribution in [0.5, 0.6) is 0 Å². The Morgan fingerprint density at radius 1 is 1.50 bits per heavy atom. The maximum absolute atomic E-state index is 9.09. The van der Waals surface area contributed by atoms with Crippen molar-refractivity contribution in [1.82, 2.24) is 9.97 Å². The fourth-order valence-corrected chi connectivity index (χ4v) is 0.707. The van der Waals surface area contributed by atoms with E-state index >= 15 is 0 Å². The van der Waals surface area contributed by atoms with Crippen LogP contribution in [0.15, 0.2) is 12.4 Å². The van der Waals surface area contributed by atoms with Crippen molar-refractivity contribution < 1.29 is 10.2 Å². The Morgan fingerprint density at radius 2 is 2.08 bits per heavy atom. The Kier molecular flexibility index (Phi) is 3.07. The van der Waals surface area contributed by atoms with E-state index in [4.69, 9.17) is 10.2 Å². The summed E-state index contributed by atoms with van der Waals surface area (Å²) >= 11 is 0. The fourth-order valence-electron chi connectivity index (χ4n) is 0.707. The van der Waals surface area contributed by atoms with E-state index < -0.39 is 6.10 Å². The average molecular weight is 164 g/mol. The van der Waals surface area contributed by atoms with E-state index in [1.807, 2.05) is 0 Å². The van der Waals surface area contributed by atoms with Gasteiger partial charge in [-0.3, -0.25) is 0 Å². The zero-order valence-electron chi connectivity index (χ0n) is 6.51. The molecule has 0 saturated heterocycles. The molecule has 1 unspecified atom stereocenters. The molecular formula is C7H9BN2O2. The maximum atomic E-state index is 9.09.